The van der Waals surface area contributed by atoms with Gasteiger partial charge in [-0.05, 0) is 32.6 Å². The van der Waals surface area contributed by atoms with Crippen LogP contribution in [0, 0.1) is 0 Å². The van der Waals surface area contributed by atoms with Gasteiger partial charge in [0.25, 0.3) is 0 Å². The van der Waals surface area contributed by atoms with E-state index < -0.39 is 6.09 Å². The van der Waals surface area contributed by atoms with Crippen molar-refractivity contribution in [3.63, 3.8) is 0 Å². The molecule has 96 valence electrons. The normalized spacial score (nSPS) is 22.9. The highest BCUT2D eigenvalue weighted by molar-refractivity contribution is 5.90. The van der Waals surface area contributed by atoms with Crippen LogP contribution >= 0.6 is 0 Å². The lowest BCUT2D eigenvalue weighted by atomic mass is 10.3. The number of carbonyl (C=O) groups is 1. The highest BCUT2D eigenvalue weighted by atomic mass is 16.6. The molecule has 0 aromatic carbocycles. The molecule has 5 heteroatoms. The minimum atomic E-state index is -0.444. The van der Waals surface area contributed by atoms with E-state index in [2.05, 4.69) is 9.89 Å². The van der Waals surface area contributed by atoms with E-state index in [-0.39, 0.29) is 6.10 Å². The standard InChI is InChI=1S/C12H20N2O3/c1-10(14-6-8-16-9-7-14)13-12(15)17-11-4-2-3-5-11/h11H,2-9H2,1H3/b13-10-. The number of hydrogen-bond acceptors (Lipinski definition) is 3. The van der Waals surface area contributed by atoms with Crippen molar-refractivity contribution in [2.75, 3.05) is 26.3 Å². The molecule has 0 bridgehead atoms. The third-order valence-electron chi connectivity index (χ3n) is 3.29. The summed E-state index contributed by atoms with van der Waals surface area (Å²) in [6, 6.07) is 0. The van der Waals surface area contributed by atoms with E-state index in [1.165, 1.54) is 0 Å². The van der Waals surface area contributed by atoms with Crippen LogP contribution < -0.4 is 0 Å². The molecule has 2 aliphatic rings. The smallest absolute Gasteiger partial charge is 0.435 e. The Morgan fingerprint density at radius 2 is 1.94 bits per heavy atom. The summed E-state index contributed by atoms with van der Waals surface area (Å²) in [5.41, 5.74) is 0. The predicted octanol–water partition coefficient (Wildman–Crippen LogP) is 1.82. The molecule has 1 saturated carbocycles. The van der Waals surface area contributed by atoms with Gasteiger partial charge in [-0.2, -0.15) is 4.99 Å². The number of amidine groups is 1. The number of nitrogens with zero attached hydrogens (tertiary/aromatic N) is 2. The average Bonchev–Trinajstić information content (AvgIpc) is 2.82. The predicted molar refractivity (Wildman–Crippen MR) is 64.2 cm³/mol. The second kappa shape index (κ2) is 6.00. The molecule has 1 saturated heterocycles. The molecular formula is C12H20N2O3. The Bertz CT molecular complexity index is 292. The summed E-state index contributed by atoms with van der Waals surface area (Å²) >= 11 is 0. The Hall–Kier alpha value is -1.10. The molecular weight excluding hydrogens is 220 g/mol. The maximum absolute atomic E-state index is 11.6. The van der Waals surface area contributed by atoms with Crippen molar-refractivity contribution in [1.82, 2.24) is 4.90 Å². The first-order valence-electron chi connectivity index (χ1n) is 6.34. The zero-order valence-corrected chi connectivity index (χ0v) is 10.4. The van der Waals surface area contributed by atoms with E-state index in [4.69, 9.17) is 9.47 Å². The quantitative estimate of drug-likeness (QED) is 0.518. The van der Waals surface area contributed by atoms with Crippen molar-refractivity contribution in [3.05, 3.63) is 0 Å². The van der Waals surface area contributed by atoms with Crippen LogP contribution in [0.1, 0.15) is 32.6 Å². The van der Waals surface area contributed by atoms with Gasteiger partial charge in [0.1, 0.15) is 11.9 Å². The Morgan fingerprint density at radius 1 is 1.29 bits per heavy atom. The van der Waals surface area contributed by atoms with Crippen molar-refractivity contribution in [1.29, 1.82) is 0 Å². The Labute approximate surface area is 102 Å². The van der Waals surface area contributed by atoms with Gasteiger partial charge in [-0.1, -0.05) is 0 Å². The Morgan fingerprint density at radius 3 is 2.59 bits per heavy atom. The molecule has 17 heavy (non-hydrogen) atoms. The minimum Gasteiger partial charge on any atom is -0.445 e. The van der Waals surface area contributed by atoms with Gasteiger partial charge in [-0.15, -0.1) is 0 Å². The average molecular weight is 240 g/mol. The third-order valence-corrected chi connectivity index (χ3v) is 3.29. The number of carbonyl (C=O) groups excluding carboxylic acids is 1. The topological polar surface area (TPSA) is 51.1 Å². The number of amides is 1. The van der Waals surface area contributed by atoms with Gasteiger partial charge in [-0.25, -0.2) is 4.79 Å². The van der Waals surface area contributed by atoms with Crippen molar-refractivity contribution >= 4 is 11.9 Å². The van der Waals surface area contributed by atoms with Crippen molar-refractivity contribution in [2.24, 2.45) is 4.99 Å². The molecule has 1 aliphatic carbocycles. The number of rotatable bonds is 1. The van der Waals surface area contributed by atoms with Gasteiger partial charge in [0.05, 0.1) is 13.2 Å². The van der Waals surface area contributed by atoms with Gasteiger partial charge >= 0.3 is 6.09 Å². The lowest BCUT2D eigenvalue weighted by Crippen LogP contribution is -2.39. The van der Waals surface area contributed by atoms with Gasteiger partial charge in [0.15, 0.2) is 0 Å². The monoisotopic (exact) mass is 240 g/mol. The summed E-state index contributed by atoms with van der Waals surface area (Å²) < 4.78 is 10.5. The zero-order valence-electron chi connectivity index (χ0n) is 10.4. The number of morpholine rings is 1. The van der Waals surface area contributed by atoms with Crippen LogP contribution in [-0.4, -0.2) is 49.2 Å². The molecule has 1 aliphatic heterocycles. The third kappa shape index (κ3) is 3.70. The summed E-state index contributed by atoms with van der Waals surface area (Å²) in [4.78, 5) is 17.6. The highest BCUT2D eigenvalue weighted by Gasteiger charge is 2.19. The van der Waals surface area contributed by atoms with Gasteiger partial charge < -0.3 is 14.4 Å². The second-order valence-corrected chi connectivity index (χ2v) is 4.55. The van der Waals surface area contributed by atoms with Crippen LogP contribution in [0.25, 0.3) is 0 Å². The largest absolute Gasteiger partial charge is 0.445 e. The molecule has 0 aromatic heterocycles. The Balaban J connectivity index is 1.81. The van der Waals surface area contributed by atoms with Crippen LogP contribution in [0.5, 0.6) is 0 Å². The molecule has 0 aromatic rings. The van der Waals surface area contributed by atoms with Crippen LogP contribution in [0.15, 0.2) is 4.99 Å². The first kappa shape index (κ1) is 12.4. The number of hydrogen-bond donors (Lipinski definition) is 0. The van der Waals surface area contributed by atoms with Crippen molar-refractivity contribution in [3.8, 4) is 0 Å². The fraction of sp³-hybridized carbons (Fsp3) is 0.833. The van der Waals surface area contributed by atoms with E-state index >= 15 is 0 Å². The van der Waals surface area contributed by atoms with Gasteiger partial charge in [0, 0.05) is 13.1 Å². The summed E-state index contributed by atoms with van der Waals surface area (Å²) in [6.07, 6.45) is 3.92. The molecule has 0 N–H and O–H groups in total. The van der Waals surface area contributed by atoms with Crippen LogP contribution in [-0.2, 0) is 9.47 Å². The van der Waals surface area contributed by atoms with Crippen LogP contribution in [0.4, 0.5) is 4.79 Å². The molecule has 1 heterocycles. The first-order valence-corrected chi connectivity index (χ1v) is 6.34. The van der Waals surface area contributed by atoms with Crippen LogP contribution in [0.3, 0.4) is 0 Å². The molecule has 0 unspecified atom stereocenters. The lowest BCUT2D eigenvalue weighted by Gasteiger charge is -2.27. The molecule has 2 fully saturated rings. The lowest BCUT2D eigenvalue weighted by molar-refractivity contribution is 0.0672. The van der Waals surface area contributed by atoms with Crippen molar-refractivity contribution < 1.29 is 14.3 Å². The maximum atomic E-state index is 11.6. The van der Waals surface area contributed by atoms with E-state index in [1.54, 1.807) is 0 Å². The molecule has 5 nitrogen and oxygen atoms in total. The molecule has 2 rings (SSSR count). The fourth-order valence-corrected chi connectivity index (χ4v) is 2.26. The molecule has 0 radical (unpaired) electrons. The van der Waals surface area contributed by atoms with E-state index in [1.807, 2.05) is 6.92 Å². The number of ether oxygens (including phenoxy) is 2. The van der Waals surface area contributed by atoms with E-state index in [9.17, 15) is 4.79 Å². The first-order chi connectivity index (χ1) is 8.25. The maximum Gasteiger partial charge on any atom is 0.435 e. The van der Waals surface area contributed by atoms with Crippen LogP contribution in [0.2, 0.25) is 0 Å². The Kier molecular flexibility index (Phi) is 4.36. The summed E-state index contributed by atoms with van der Waals surface area (Å²) in [5.74, 6) is 0.733. The SMILES string of the molecule is C/C(=N/C(=O)OC1CCCC1)N1CCOCC1. The van der Waals surface area contributed by atoms with E-state index in [0.717, 1.165) is 44.6 Å². The fourth-order valence-electron chi connectivity index (χ4n) is 2.26. The van der Waals surface area contributed by atoms with Crippen molar-refractivity contribution in [2.45, 2.75) is 38.7 Å². The molecule has 1 amide bonds. The number of aliphatic imine (C=N–C) groups is 1. The second-order valence-electron chi connectivity index (χ2n) is 4.55. The van der Waals surface area contributed by atoms with Gasteiger partial charge in [0.2, 0.25) is 0 Å². The zero-order chi connectivity index (χ0) is 12.1. The van der Waals surface area contributed by atoms with Gasteiger partial charge in [-0.3, -0.25) is 0 Å². The molecule has 0 spiro atoms. The summed E-state index contributed by atoms with van der Waals surface area (Å²) in [5, 5.41) is 0. The summed E-state index contributed by atoms with van der Waals surface area (Å²) in [7, 11) is 0. The van der Waals surface area contributed by atoms with E-state index in [0.29, 0.717) is 13.2 Å². The molecule has 0 atom stereocenters. The highest BCUT2D eigenvalue weighted by Crippen LogP contribution is 2.21. The minimum absolute atomic E-state index is 0.0868. The summed E-state index contributed by atoms with van der Waals surface area (Å²) in [6.45, 7) is 4.84.